The molecular formula is C39H64N4O9S4. The Morgan fingerprint density at radius 1 is 1.04 bits per heavy atom. The van der Waals surface area contributed by atoms with Crippen LogP contribution < -0.4 is 16.0 Å². The maximum Gasteiger partial charge on any atom is 0.408 e. The second-order valence-electron chi connectivity index (χ2n) is 14.7. The number of rotatable bonds is 26. The summed E-state index contributed by atoms with van der Waals surface area (Å²) in [4.78, 5) is 81.3. The second-order valence-corrected chi connectivity index (χ2v) is 22.4. The summed E-state index contributed by atoms with van der Waals surface area (Å²) in [5.74, 6) is -0.820. The zero-order valence-electron chi connectivity index (χ0n) is 34.6. The number of carbonyl (C=O) groups is 6. The number of unbranched alkanes of at least 4 members (excludes halogenated alkanes) is 4. The molecule has 318 valence electrons. The molecular weight excluding hydrogens is 797 g/mol. The highest BCUT2D eigenvalue weighted by atomic mass is 32.3. The molecule has 0 fully saturated rings. The zero-order valence-corrected chi connectivity index (χ0v) is 37.9. The number of alkyl carbamates (subject to hydrolysis) is 1. The first-order chi connectivity index (χ1) is 26.4. The molecule has 3 N–H and O–H groups in total. The largest absolute Gasteiger partial charge is 0.465 e. The summed E-state index contributed by atoms with van der Waals surface area (Å²) in [6.07, 6.45) is 18.0. The van der Waals surface area contributed by atoms with Gasteiger partial charge < -0.3 is 30.2 Å². The molecule has 0 aliphatic carbocycles. The molecule has 56 heavy (non-hydrogen) atoms. The van der Waals surface area contributed by atoms with Gasteiger partial charge in [-0.25, -0.2) is 24.6 Å². The molecule has 3 amide bonds. The SMILES string of the molecule is C/C=C(\NC(=O)c1csc(CNC(=O)OC(C)(C)C)n1)C(=O)N[C@@H](CCSC)C(=O)O[C@H](/C=C/CCSC(=O)CCCCCCC)CC(=O)OCCS(C)(C)C. The van der Waals surface area contributed by atoms with E-state index >= 15 is 0 Å². The fourth-order valence-corrected chi connectivity index (χ4v) is 7.11. The summed E-state index contributed by atoms with van der Waals surface area (Å²) in [7, 11) is -0.880. The average Bonchev–Trinajstić information content (AvgIpc) is 3.59. The maximum atomic E-state index is 13.6. The Hall–Kier alpha value is -3.02. The topological polar surface area (TPSA) is 179 Å². The number of nitrogens with one attached hydrogen (secondary N) is 3. The van der Waals surface area contributed by atoms with E-state index in [9.17, 15) is 28.8 Å². The highest BCUT2D eigenvalue weighted by molar-refractivity contribution is 8.32. The van der Waals surface area contributed by atoms with E-state index in [1.807, 2.05) is 6.26 Å². The molecule has 1 aromatic rings. The van der Waals surface area contributed by atoms with Gasteiger partial charge >= 0.3 is 18.0 Å². The van der Waals surface area contributed by atoms with Crippen LogP contribution in [0.2, 0.25) is 0 Å². The van der Waals surface area contributed by atoms with E-state index in [0.717, 1.165) is 42.8 Å². The minimum Gasteiger partial charge on any atom is -0.465 e. The summed E-state index contributed by atoms with van der Waals surface area (Å²) in [5.41, 5.74) is -0.731. The minimum absolute atomic E-state index is 0.0390. The van der Waals surface area contributed by atoms with Crippen LogP contribution in [-0.2, 0) is 39.9 Å². The number of amides is 3. The Morgan fingerprint density at radius 3 is 2.39 bits per heavy atom. The van der Waals surface area contributed by atoms with Crippen LogP contribution in [0.25, 0.3) is 0 Å². The van der Waals surface area contributed by atoms with Gasteiger partial charge in [0.05, 0.1) is 19.6 Å². The van der Waals surface area contributed by atoms with Gasteiger partial charge in [-0.1, -0.05) is 56.5 Å². The molecule has 2 atom stereocenters. The van der Waals surface area contributed by atoms with E-state index in [-0.39, 0.29) is 42.5 Å². The van der Waals surface area contributed by atoms with Gasteiger partial charge in [0.15, 0.2) is 5.12 Å². The van der Waals surface area contributed by atoms with Gasteiger partial charge in [0.2, 0.25) is 0 Å². The fraction of sp³-hybridized carbons (Fsp3) is 0.667. The first-order valence-corrected chi connectivity index (χ1v) is 25.2. The van der Waals surface area contributed by atoms with Crippen molar-refractivity contribution >= 4 is 79.9 Å². The van der Waals surface area contributed by atoms with Gasteiger partial charge in [-0.2, -0.15) is 11.8 Å². The maximum absolute atomic E-state index is 13.6. The normalized spacial score (nSPS) is 13.4. The molecule has 17 heteroatoms. The first-order valence-electron chi connectivity index (χ1n) is 18.9. The van der Waals surface area contributed by atoms with Crippen molar-refractivity contribution in [2.75, 3.05) is 48.9 Å². The van der Waals surface area contributed by atoms with Crippen molar-refractivity contribution in [2.45, 2.75) is 117 Å². The van der Waals surface area contributed by atoms with Crippen molar-refractivity contribution in [3.63, 3.8) is 0 Å². The highest BCUT2D eigenvalue weighted by Crippen LogP contribution is 2.33. The van der Waals surface area contributed by atoms with Crippen molar-refractivity contribution in [1.82, 2.24) is 20.9 Å². The predicted octanol–water partition coefficient (Wildman–Crippen LogP) is 7.15. The summed E-state index contributed by atoms with van der Waals surface area (Å²) < 4.78 is 16.5. The van der Waals surface area contributed by atoms with Crippen LogP contribution in [0.4, 0.5) is 4.79 Å². The van der Waals surface area contributed by atoms with Gasteiger partial charge in [-0.3, -0.25) is 19.2 Å². The van der Waals surface area contributed by atoms with E-state index in [1.54, 1.807) is 39.8 Å². The predicted molar refractivity (Wildman–Crippen MR) is 232 cm³/mol. The Morgan fingerprint density at radius 2 is 1.75 bits per heavy atom. The number of esters is 2. The molecule has 13 nitrogen and oxygen atoms in total. The summed E-state index contributed by atoms with van der Waals surface area (Å²) >= 11 is 3.90. The molecule has 0 unspecified atom stereocenters. The Bertz CT molecular complexity index is 1470. The molecule has 1 aromatic heterocycles. The number of nitrogens with zero attached hydrogens (tertiary/aromatic N) is 1. The first kappa shape index (κ1) is 51.0. The van der Waals surface area contributed by atoms with Crippen LogP contribution >= 0.6 is 44.9 Å². The van der Waals surface area contributed by atoms with Crippen LogP contribution in [0.1, 0.15) is 108 Å². The van der Waals surface area contributed by atoms with E-state index < -0.39 is 57.6 Å². The third-order valence-electron chi connectivity index (χ3n) is 7.53. The number of carbonyl (C=O) groups excluding carboxylic acids is 6. The van der Waals surface area contributed by atoms with E-state index in [2.05, 4.69) is 46.6 Å². The lowest BCUT2D eigenvalue weighted by Crippen LogP contribution is -2.46. The lowest BCUT2D eigenvalue weighted by molar-refractivity contribution is -0.155. The van der Waals surface area contributed by atoms with Crippen molar-refractivity contribution in [1.29, 1.82) is 0 Å². The quantitative estimate of drug-likeness (QED) is 0.0282. The number of hydrogen-bond acceptors (Lipinski definition) is 13. The van der Waals surface area contributed by atoms with E-state index in [1.165, 1.54) is 41.4 Å². The van der Waals surface area contributed by atoms with Gasteiger partial charge in [-0.15, -0.1) is 11.3 Å². The molecule has 0 radical (unpaired) electrons. The number of allylic oxidation sites excluding steroid dienone is 2. The number of thiazole rings is 1. The molecule has 0 saturated carbocycles. The molecule has 0 bridgehead atoms. The van der Waals surface area contributed by atoms with Crippen molar-refractivity contribution in [3.8, 4) is 0 Å². The molecule has 0 aromatic carbocycles. The molecule has 1 rings (SSSR count). The zero-order chi connectivity index (χ0) is 42.1. The van der Waals surface area contributed by atoms with Gasteiger partial charge in [-0.05, 0) is 83.8 Å². The summed E-state index contributed by atoms with van der Waals surface area (Å²) in [5, 5.41) is 9.91. The van der Waals surface area contributed by atoms with Crippen LogP contribution in [-0.4, -0.2) is 107 Å². The Balaban J connectivity index is 2.94. The van der Waals surface area contributed by atoms with Crippen LogP contribution in [0.15, 0.2) is 29.3 Å². The number of aromatic nitrogens is 1. The number of ether oxygens (including phenoxy) is 3. The highest BCUT2D eigenvalue weighted by Gasteiger charge is 2.28. The minimum atomic E-state index is -1.09. The van der Waals surface area contributed by atoms with Crippen molar-refractivity contribution in [2.24, 2.45) is 0 Å². The summed E-state index contributed by atoms with van der Waals surface area (Å²) in [6, 6.07) is -1.09. The van der Waals surface area contributed by atoms with Crippen LogP contribution in [0.5, 0.6) is 0 Å². The van der Waals surface area contributed by atoms with Gasteiger partial charge in [0, 0.05) is 23.3 Å². The molecule has 0 spiro atoms. The van der Waals surface area contributed by atoms with Crippen LogP contribution in [0.3, 0.4) is 0 Å². The lowest BCUT2D eigenvalue weighted by Gasteiger charge is -2.24. The van der Waals surface area contributed by atoms with E-state index in [4.69, 9.17) is 14.2 Å². The fourth-order valence-electron chi connectivity index (χ4n) is 4.57. The second kappa shape index (κ2) is 27.6. The van der Waals surface area contributed by atoms with Gasteiger partial charge in [0.1, 0.15) is 34.1 Å². The van der Waals surface area contributed by atoms with Crippen molar-refractivity contribution < 1.29 is 43.0 Å². The molecule has 0 aliphatic heterocycles. The Kier molecular flexibility index (Phi) is 25.1. The molecule has 0 aliphatic rings. The molecule has 1 heterocycles. The average molecular weight is 861 g/mol. The van der Waals surface area contributed by atoms with Crippen LogP contribution in [0, 0.1) is 0 Å². The standard InChI is InChI=1S/C39H64N4O9S4/c1-10-12-13-14-15-19-34(45)54-22-17-16-18-28(25-33(44)50-21-24-56(7,8)9)51-37(48)30(20-23-53-6)43-35(46)29(11-2)42-36(47)31-27-55-32(41-31)26-40-38(49)52-39(3,4)5/h11,16,18,27-28,30H,10,12-15,17,19-26H2,1-9H3,(H,40,49)(H,42,47)(H,43,46)/b18-16+,29-11-/t28-,30+/m1/s1. The monoisotopic (exact) mass is 860 g/mol. The number of thioether (sulfide) groups is 2. The summed E-state index contributed by atoms with van der Waals surface area (Å²) in [6.45, 7) is 9.26. The smallest absolute Gasteiger partial charge is 0.408 e. The Labute approximate surface area is 347 Å². The molecule has 0 saturated heterocycles. The lowest BCUT2D eigenvalue weighted by atomic mass is 10.1. The number of hydrogen-bond donors (Lipinski definition) is 3. The van der Waals surface area contributed by atoms with E-state index in [0.29, 0.717) is 29.4 Å². The van der Waals surface area contributed by atoms with Crippen molar-refractivity contribution in [3.05, 3.63) is 40.0 Å². The van der Waals surface area contributed by atoms with Gasteiger partial charge in [0.25, 0.3) is 11.8 Å². The third-order valence-corrected chi connectivity index (χ3v) is 11.4. The third kappa shape index (κ3) is 24.6.